The van der Waals surface area contributed by atoms with Crippen LogP contribution >= 0.6 is 24.0 Å². The van der Waals surface area contributed by atoms with Crippen LogP contribution in [0.2, 0.25) is 0 Å². The minimum absolute atomic E-state index is 0. The predicted molar refractivity (Wildman–Crippen MR) is 127 cm³/mol. The monoisotopic (exact) mass is 544 g/mol. The van der Waals surface area contributed by atoms with E-state index in [9.17, 15) is 13.2 Å². The van der Waals surface area contributed by atoms with E-state index < -0.39 is 20.2 Å². The van der Waals surface area contributed by atoms with Crippen LogP contribution in [0.3, 0.4) is 0 Å². The molecule has 8 nitrogen and oxygen atoms in total. The number of guanidine groups is 1. The molecule has 1 aliphatic carbocycles. The molecule has 1 saturated carbocycles. The zero-order chi connectivity index (χ0) is 21.2. The number of carbonyl (C=O) groups excluding carboxylic acids is 1. The van der Waals surface area contributed by atoms with E-state index in [1.807, 2.05) is 32.6 Å². The lowest BCUT2D eigenvalue weighted by atomic mass is 10.2. The first-order valence-corrected chi connectivity index (χ1v) is 11.8. The van der Waals surface area contributed by atoms with Crippen LogP contribution in [-0.4, -0.2) is 85.1 Å². The topological polar surface area (TPSA) is 91.3 Å². The van der Waals surface area contributed by atoms with Gasteiger partial charge in [0.2, 0.25) is 0 Å². The summed E-state index contributed by atoms with van der Waals surface area (Å²) in [7, 11) is -3.10. The highest BCUT2D eigenvalue weighted by Gasteiger charge is 2.41. The third-order valence-corrected chi connectivity index (χ3v) is 7.43. The molecule has 0 bridgehead atoms. The summed E-state index contributed by atoms with van der Waals surface area (Å²) in [6.07, 6.45) is 1.71. The Morgan fingerprint density at radius 2 is 1.93 bits per heavy atom. The normalized spacial score (nSPS) is 21.2. The number of carbonyl (C=O) groups is 1. The van der Waals surface area contributed by atoms with Crippen LogP contribution in [0, 0.1) is 0 Å². The molecule has 170 valence electrons. The molecular formula is C19H37IN4O4S. The number of sulfone groups is 1. The number of nitrogens with one attached hydrogen (secondary N) is 1. The average Bonchev–Trinajstić information content (AvgIpc) is 3.36. The van der Waals surface area contributed by atoms with Gasteiger partial charge in [-0.2, -0.15) is 0 Å². The zero-order valence-corrected chi connectivity index (χ0v) is 21.7. The summed E-state index contributed by atoms with van der Waals surface area (Å²) in [5.41, 5.74) is -0.521. The first-order valence-electron chi connectivity index (χ1n) is 10.1. The fourth-order valence-corrected chi connectivity index (χ4v) is 4.51. The van der Waals surface area contributed by atoms with Crippen molar-refractivity contribution in [3.05, 3.63) is 0 Å². The van der Waals surface area contributed by atoms with E-state index in [2.05, 4.69) is 10.3 Å². The lowest BCUT2D eigenvalue weighted by Crippen LogP contribution is -2.57. The van der Waals surface area contributed by atoms with Crippen LogP contribution in [0.1, 0.15) is 54.4 Å². The maximum atomic E-state index is 12.5. The van der Waals surface area contributed by atoms with Gasteiger partial charge in [-0.1, -0.05) is 0 Å². The van der Waals surface area contributed by atoms with Crippen LogP contribution in [0.25, 0.3) is 0 Å². The number of amides is 1. The molecule has 0 aromatic heterocycles. The van der Waals surface area contributed by atoms with Crippen molar-refractivity contribution in [1.29, 1.82) is 0 Å². The first kappa shape index (κ1) is 26.3. The van der Waals surface area contributed by atoms with Crippen LogP contribution in [0.5, 0.6) is 0 Å². The standard InChI is InChI=1S/C19H36N4O4S.HI/c1-7-20-16(22-12-13-28(25,26)19(5,6)14-22)21-10-11-23(15-8-9-15)17(24)27-18(2,3)4;/h15H,7-14H2,1-6H3,(H,20,21);1H. The quantitative estimate of drug-likeness (QED) is 0.325. The van der Waals surface area contributed by atoms with Gasteiger partial charge in [0.05, 0.1) is 17.0 Å². The van der Waals surface area contributed by atoms with Crippen molar-refractivity contribution in [2.75, 3.05) is 38.5 Å². The summed E-state index contributed by atoms with van der Waals surface area (Å²) in [4.78, 5) is 20.9. The summed E-state index contributed by atoms with van der Waals surface area (Å²) in [6, 6.07) is 0.242. The smallest absolute Gasteiger partial charge is 0.410 e. The number of hydrogen-bond donors (Lipinski definition) is 1. The third-order valence-electron chi connectivity index (χ3n) is 4.90. The molecule has 0 spiro atoms. The van der Waals surface area contributed by atoms with E-state index in [1.165, 1.54) is 0 Å². The van der Waals surface area contributed by atoms with Crippen molar-refractivity contribution in [2.45, 2.75) is 70.8 Å². The van der Waals surface area contributed by atoms with E-state index in [0.29, 0.717) is 38.7 Å². The van der Waals surface area contributed by atoms with Gasteiger partial charge in [0.1, 0.15) is 5.60 Å². The molecule has 1 aliphatic heterocycles. The number of ether oxygens (including phenoxy) is 1. The molecule has 1 N–H and O–H groups in total. The Morgan fingerprint density at radius 3 is 2.41 bits per heavy atom. The van der Waals surface area contributed by atoms with Crippen LogP contribution in [-0.2, 0) is 14.6 Å². The van der Waals surface area contributed by atoms with Crippen LogP contribution in [0.4, 0.5) is 4.79 Å². The molecule has 1 heterocycles. The highest BCUT2D eigenvalue weighted by atomic mass is 127. The minimum Gasteiger partial charge on any atom is -0.444 e. The van der Waals surface area contributed by atoms with Crippen molar-refractivity contribution < 1.29 is 17.9 Å². The highest BCUT2D eigenvalue weighted by molar-refractivity contribution is 14.0. The highest BCUT2D eigenvalue weighted by Crippen LogP contribution is 2.28. The lowest BCUT2D eigenvalue weighted by molar-refractivity contribution is 0.0240. The van der Waals surface area contributed by atoms with Gasteiger partial charge in [0.25, 0.3) is 0 Å². The summed E-state index contributed by atoms with van der Waals surface area (Å²) < 4.78 is 29.2. The van der Waals surface area contributed by atoms with E-state index in [1.54, 1.807) is 18.7 Å². The van der Waals surface area contributed by atoms with Crippen molar-refractivity contribution >= 4 is 45.9 Å². The van der Waals surface area contributed by atoms with E-state index >= 15 is 0 Å². The van der Waals surface area contributed by atoms with Crippen LogP contribution in [0.15, 0.2) is 4.99 Å². The molecule has 29 heavy (non-hydrogen) atoms. The third kappa shape index (κ3) is 7.45. The Kier molecular flexibility index (Phi) is 9.07. The molecule has 2 rings (SSSR count). The van der Waals surface area contributed by atoms with E-state index in [-0.39, 0.29) is 41.9 Å². The number of nitrogens with zero attached hydrogens (tertiary/aromatic N) is 3. The Hall–Kier alpha value is -0.780. The van der Waals surface area contributed by atoms with E-state index in [4.69, 9.17) is 4.74 Å². The second-order valence-corrected chi connectivity index (χ2v) is 11.9. The summed E-state index contributed by atoms with van der Waals surface area (Å²) in [5, 5.41) is 3.25. The fourth-order valence-electron chi connectivity index (χ4n) is 3.14. The summed E-state index contributed by atoms with van der Waals surface area (Å²) in [6.45, 7) is 13.6. The van der Waals surface area contributed by atoms with Gasteiger partial charge in [-0.05, 0) is 54.4 Å². The summed E-state index contributed by atoms with van der Waals surface area (Å²) >= 11 is 0. The SMILES string of the molecule is CCNC(=NCCN(C(=O)OC(C)(C)C)C1CC1)N1CCS(=O)(=O)C(C)(C)C1.I. The minimum atomic E-state index is -3.10. The average molecular weight is 545 g/mol. The molecule has 0 unspecified atom stereocenters. The fraction of sp³-hybridized carbons (Fsp3) is 0.895. The Balaban J connectivity index is 0.00000420. The lowest BCUT2D eigenvalue weighted by Gasteiger charge is -2.39. The van der Waals surface area contributed by atoms with Crippen molar-refractivity contribution in [3.63, 3.8) is 0 Å². The van der Waals surface area contributed by atoms with Gasteiger partial charge < -0.3 is 19.9 Å². The van der Waals surface area contributed by atoms with E-state index in [0.717, 1.165) is 12.8 Å². The van der Waals surface area contributed by atoms with Gasteiger partial charge in [-0.25, -0.2) is 13.2 Å². The molecule has 1 saturated heterocycles. The van der Waals surface area contributed by atoms with Gasteiger partial charge >= 0.3 is 6.09 Å². The van der Waals surface area contributed by atoms with Gasteiger partial charge in [-0.3, -0.25) is 4.99 Å². The Morgan fingerprint density at radius 1 is 1.31 bits per heavy atom. The number of hydrogen-bond acceptors (Lipinski definition) is 5. The number of rotatable bonds is 5. The second kappa shape index (κ2) is 10.0. The molecule has 1 amide bonds. The zero-order valence-electron chi connectivity index (χ0n) is 18.5. The maximum Gasteiger partial charge on any atom is 0.410 e. The first-order chi connectivity index (χ1) is 12.9. The molecule has 0 atom stereocenters. The molecule has 0 aromatic rings. The van der Waals surface area contributed by atoms with Crippen molar-refractivity contribution in [1.82, 2.24) is 15.1 Å². The molecule has 10 heteroatoms. The largest absolute Gasteiger partial charge is 0.444 e. The number of halogens is 1. The number of aliphatic imine (C=N–C) groups is 1. The van der Waals surface area contributed by atoms with Crippen molar-refractivity contribution in [2.24, 2.45) is 4.99 Å². The van der Waals surface area contributed by atoms with Gasteiger partial charge in [-0.15, -0.1) is 24.0 Å². The Bertz CT molecular complexity index is 699. The van der Waals surface area contributed by atoms with Gasteiger partial charge in [0.15, 0.2) is 15.8 Å². The molecule has 2 aliphatic rings. The molecule has 2 fully saturated rings. The second-order valence-electron chi connectivity index (χ2n) is 9.14. The summed E-state index contributed by atoms with van der Waals surface area (Å²) in [5.74, 6) is 0.821. The molecule has 0 aromatic carbocycles. The van der Waals surface area contributed by atoms with Gasteiger partial charge in [0, 0.05) is 32.2 Å². The maximum absolute atomic E-state index is 12.5. The molecular weight excluding hydrogens is 507 g/mol. The van der Waals surface area contributed by atoms with Crippen LogP contribution < -0.4 is 5.32 Å². The van der Waals surface area contributed by atoms with Crippen molar-refractivity contribution in [3.8, 4) is 0 Å². The predicted octanol–water partition coefficient (Wildman–Crippen LogP) is 2.48. The molecule has 0 radical (unpaired) electrons. The Labute approximate surface area is 192 Å².